The van der Waals surface area contributed by atoms with Crippen LogP contribution in [0.25, 0.3) is 0 Å². The van der Waals surface area contributed by atoms with Gasteiger partial charge >= 0.3 is 29.0 Å². The van der Waals surface area contributed by atoms with E-state index in [0.717, 1.165) is 45.8 Å². The van der Waals surface area contributed by atoms with Crippen LogP contribution in [0.15, 0.2) is 14.4 Å². The number of nitrogens with one attached hydrogen (secondary N) is 1. The van der Waals surface area contributed by atoms with Gasteiger partial charge in [0, 0.05) is 13.6 Å². The molecule has 36 heavy (non-hydrogen) atoms. The van der Waals surface area contributed by atoms with Gasteiger partial charge in [0.1, 0.15) is 6.17 Å². The molecule has 0 aliphatic rings. The minimum Gasteiger partial charge on any atom is -0.465 e. The number of esters is 2. The molecule has 0 aliphatic carbocycles. The Balaban J connectivity index is 3.50. The summed E-state index contributed by atoms with van der Waals surface area (Å²) in [5.41, 5.74) is -2.50. The molecule has 1 rings (SSSR count). The molecule has 0 bridgehead atoms. The van der Waals surface area contributed by atoms with Crippen molar-refractivity contribution in [1.29, 1.82) is 0 Å². The molecule has 12 nitrogen and oxygen atoms in total. The fourth-order valence-electron chi connectivity index (χ4n) is 3.74. The standard InChI is InChI=1S/C24H40N4O8/c1-6-10-12-14-16-27-22(32)26(5)23(33)28(24(27)34)17(15-13-11-7-2)25-19(29)18(20(30)35-8-3)21(31)36-9-4/h17-18H,6-16H2,1-5H3,(H,25,29). The Kier molecular flexibility index (Phi) is 13.5. The van der Waals surface area contributed by atoms with Gasteiger partial charge in [-0.25, -0.2) is 28.1 Å². The van der Waals surface area contributed by atoms with Gasteiger partial charge in [0.2, 0.25) is 11.8 Å². The van der Waals surface area contributed by atoms with Crippen LogP contribution in [0.3, 0.4) is 0 Å². The number of carbonyl (C=O) groups excluding carboxylic acids is 3. The SMILES string of the molecule is CCCCCCn1c(=O)n(C)c(=O)n(C(CCCCC)NC(=O)C(C(=O)OCC)C(=O)OCC)c1=O. The summed E-state index contributed by atoms with van der Waals surface area (Å²) in [6.45, 7) is 7.05. The van der Waals surface area contributed by atoms with Crippen LogP contribution >= 0.6 is 0 Å². The molecule has 0 aliphatic heterocycles. The predicted molar refractivity (Wildman–Crippen MR) is 132 cm³/mol. The largest absolute Gasteiger partial charge is 0.465 e. The first kappa shape index (κ1) is 30.9. The number of hydrogen-bond acceptors (Lipinski definition) is 8. The number of aromatic nitrogens is 3. The van der Waals surface area contributed by atoms with Crippen molar-refractivity contribution in [2.45, 2.75) is 91.8 Å². The number of nitrogens with zero attached hydrogens (tertiary/aromatic N) is 3. The van der Waals surface area contributed by atoms with Crippen molar-refractivity contribution in [1.82, 2.24) is 19.0 Å². The van der Waals surface area contributed by atoms with E-state index in [1.54, 1.807) is 0 Å². The van der Waals surface area contributed by atoms with E-state index in [2.05, 4.69) is 5.32 Å². The molecule has 1 atom stereocenters. The van der Waals surface area contributed by atoms with Crippen molar-refractivity contribution >= 4 is 17.8 Å². The molecule has 1 heterocycles. The van der Waals surface area contributed by atoms with Gasteiger partial charge in [-0.05, 0) is 33.1 Å². The maximum atomic E-state index is 13.3. The summed E-state index contributed by atoms with van der Waals surface area (Å²) in [7, 11) is 1.26. The molecule has 0 saturated heterocycles. The molecule has 1 unspecified atom stereocenters. The molecule has 1 aromatic heterocycles. The fraction of sp³-hybridized carbons (Fsp3) is 0.750. The van der Waals surface area contributed by atoms with Gasteiger partial charge in [0.25, 0.3) is 0 Å². The lowest BCUT2D eigenvalue weighted by Gasteiger charge is -2.24. The number of amides is 1. The highest BCUT2D eigenvalue weighted by atomic mass is 16.6. The summed E-state index contributed by atoms with van der Waals surface area (Å²) >= 11 is 0. The second-order valence-electron chi connectivity index (χ2n) is 8.45. The molecule has 0 radical (unpaired) electrons. The van der Waals surface area contributed by atoms with Crippen LogP contribution in [0.5, 0.6) is 0 Å². The Bertz CT molecular complexity index is 1040. The highest BCUT2D eigenvalue weighted by Gasteiger charge is 2.38. The molecule has 1 N–H and O–H groups in total. The van der Waals surface area contributed by atoms with Crippen LogP contribution in [-0.2, 0) is 37.4 Å². The smallest absolute Gasteiger partial charge is 0.338 e. The lowest BCUT2D eigenvalue weighted by atomic mass is 10.1. The Morgan fingerprint density at radius 3 is 1.86 bits per heavy atom. The number of ether oxygens (including phenoxy) is 2. The maximum absolute atomic E-state index is 13.3. The normalized spacial score (nSPS) is 11.8. The van der Waals surface area contributed by atoms with Crippen LogP contribution in [-0.4, -0.2) is 44.8 Å². The zero-order valence-electron chi connectivity index (χ0n) is 22.0. The third-order valence-corrected chi connectivity index (χ3v) is 5.69. The van der Waals surface area contributed by atoms with Crippen molar-refractivity contribution in [2.24, 2.45) is 13.0 Å². The van der Waals surface area contributed by atoms with E-state index in [-0.39, 0.29) is 26.2 Å². The fourth-order valence-corrected chi connectivity index (χ4v) is 3.74. The second kappa shape index (κ2) is 15.7. The number of hydrogen-bond donors (Lipinski definition) is 1. The minimum absolute atomic E-state index is 0.0645. The van der Waals surface area contributed by atoms with Gasteiger partial charge in [-0.1, -0.05) is 46.0 Å². The van der Waals surface area contributed by atoms with Crippen LogP contribution < -0.4 is 22.4 Å². The number of rotatable bonds is 16. The van der Waals surface area contributed by atoms with Gasteiger partial charge in [0.15, 0.2) is 0 Å². The van der Waals surface area contributed by atoms with E-state index in [9.17, 15) is 28.8 Å². The molecule has 12 heteroatoms. The summed E-state index contributed by atoms with van der Waals surface area (Å²) in [5, 5.41) is 2.50. The number of carbonyl (C=O) groups is 3. The molecule has 1 amide bonds. The van der Waals surface area contributed by atoms with E-state index < -0.39 is 47.0 Å². The molecular formula is C24H40N4O8. The third-order valence-electron chi connectivity index (χ3n) is 5.69. The van der Waals surface area contributed by atoms with Crippen LogP contribution in [0.4, 0.5) is 0 Å². The average molecular weight is 513 g/mol. The molecule has 0 spiro atoms. The summed E-state index contributed by atoms with van der Waals surface area (Å²) < 4.78 is 12.3. The van der Waals surface area contributed by atoms with E-state index >= 15 is 0 Å². The third kappa shape index (κ3) is 8.20. The summed E-state index contributed by atoms with van der Waals surface area (Å²) in [6.07, 6.45) is 4.38. The van der Waals surface area contributed by atoms with Crippen molar-refractivity contribution in [3.8, 4) is 0 Å². The van der Waals surface area contributed by atoms with Crippen molar-refractivity contribution in [2.75, 3.05) is 13.2 Å². The second-order valence-corrected chi connectivity index (χ2v) is 8.45. The van der Waals surface area contributed by atoms with Gasteiger partial charge in [-0.2, -0.15) is 0 Å². The lowest BCUT2D eigenvalue weighted by molar-refractivity contribution is -0.164. The zero-order valence-corrected chi connectivity index (χ0v) is 22.0. The van der Waals surface area contributed by atoms with Gasteiger partial charge in [-0.3, -0.25) is 14.4 Å². The van der Waals surface area contributed by atoms with Crippen LogP contribution in [0.2, 0.25) is 0 Å². The molecule has 1 aromatic rings. The Morgan fingerprint density at radius 2 is 1.33 bits per heavy atom. The molecule has 0 fully saturated rings. The zero-order chi connectivity index (χ0) is 27.3. The topological polar surface area (TPSA) is 148 Å². The molecule has 0 aromatic carbocycles. The Morgan fingerprint density at radius 1 is 0.778 bits per heavy atom. The van der Waals surface area contributed by atoms with E-state index in [4.69, 9.17) is 9.47 Å². The van der Waals surface area contributed by atoms with Crippen molar-refractivity contribution < 1.29 is 23.9 Å². The average Bonchev–Trinajstić information content (AvgIpc) is 2.82. The van der Waals surface area contributed by atoms with E-state index in [1.165, 1.54) is 20.9 Å². The van der Waals surface area contributed by atoms with Crippen molar-refractivity contribution in [3.63, 3.8) is 0 Å². The summed E-state index contributed by atoms with van der Waals surface area (Å²) in [6, 6.07) is 0. The van der Waals surface area contributed by atoms with E-state index in [1.807, 2.05) is 13.8 Å². The van der Waals surface area contributed by atoms with Crippen LogP contribution in [0, 0.1) is 5.92 Å². The summed E-state index contributed by atoms with van der Waals surface area (Å²) in [5.74, 6) is -5.16. The number of unbranched alkanes of at least 4 members (excludes halogenated alkanes) is 5. The minimum atomic E-state index is -1.92. The van der Waals surface area contributed by atoms with Crippen LogP contribution in [0.1, 0.15) is 85.2 Å². The van der Waals surface area contributed by atoms with Crippen molar-refractivity contribution in [3.05, 3.63) is 31.5 Å². The van der Waals surface area contributed by atoms with Gasteiger partial charge in [-0.15, -0.1) is 0 Å². The molecule has 0 saturated carbocycles. The quantitative estimate of drug-likeness (QED) is 0.198. The monoisotopic (exact) mass is 512 g/mol. The van der Waals surface area contributed by atoms with E-state index in [0.29, 0.717) is 12.8 Å². The first-order valence-corrected chi connectivity index (χ1v) is 12.7. The predicted octanol–water partition coefficient (Wildman–Crippen LogP) is 1.23. The maximum Gasteiger partial charge on any atom is 0.338 e. The first-order chi connectivity index (χ1) is 17.2. The van der Waals surface area contributed by atoms with Gasteiger partial charge in [0.05, 0.1) is 13.2 Å². The highest BCUT2D eigenvalue weighted by molar-refractivity contribution is 6.14. The molecule has 204 valence electrons. The van der Waals surface area contributed by atoms with Gasteiger partial charge < -0.3 is 14.8 Å². The molecular weight excluding hydrogens is 472 g/mol. The lowest BCUT2D eigenvalue weighted by Crippen LogP contribution is -2.57. The summed E-state index contributed by atoms with van der Waals surface area (Å²) in [4.78, 5) is 76.8. The first-order valence-electron chi connectivity index (χ1n) is 12.7. The highest BCUT2D eigenvalue weighted by Crippen LogP contribution is 2.13. The Hall–Kier alpha value is -3.18. The Labute approximate surface area is 210 Å².